The van der Waals surface area contributed by atoms with Crippen LogP contribution in [-0.4, -0.2) is 79.6 Å². The van der Waals surface area contributed by atoms with Gasteiger partial charge in [0.15, 0.2) is 17.3 Å². The van der Waals surface area contributed by atoms with Crippen molar-refractivity contribution in [1.82, 2.24) is 29.9 Å². The van der Waals surface area contributed by atoms with E-state index < -0.39 is 23.4 Å². The molecule has 0 aromatic carbocycles. The van der Waals surface area contributed by atoms with Gasteiger partial charge in [0.2, 0.25) is 5.95 Å². The first-order chi connectivity index (χ1) is 16.9. The summed E-state index contributed by atoms with van der Waals surface area (Å²) in [6.07, 6.45) is 2.52. The molecule has 0 saturated carbocycles. The van der Waals surface area contributed by atoms with E-state index in [1.807, 2.05) is 0 Å². The second kappa shape index (κ2) is 9.64. The van der Waals surface area contributed by atoms with Crippen LogP contribution in [-0.2, 0) is 14.2 Å². The molecule has 0 radical (unpaired) electrons. The number of hydrogen-bond donors (Lipinski definition) is 1. The molecule has 36 heavy (non-hydrogen) atoms. The van der Waals surface area contributed by atoms with Gasteiger partial charge in [-0.3, -0.25) is 0 Å². The summed E-state index contributed by atoms with van der Waals surface area (Å²) in [5.41, 5.74) is 0.000356. The summed E-state index contributed by atoms with van der Waals surface area (Å²) in [5, 5.41) is 0. The molecule has 0 spiro atoms. The normalized spacial score (nSPS) is 14.6. The van der Waals surface area contributed by atoms with Gasteiger partial charge in [0, 0.05) is 25.5 Å². The number of carbonyl (C=O) groups excluding carboxylic acids is 2. The lowest BCUT2D eigenvalue weighted by atomic mass is 10.2. The number of nitrogens with zero attached hydrogens (tertiary/aromatic N) is 7. The maximum atomic E-state index is 12.8. The number of aromatic nitrogens is 6. The Bertz CT molecular complexity index is 1210. The van der Waals surface area contributed by atoms with Crippen molar-refractivity contribution in [3.05, 3.63) is 18.7 Å². The van der Waals surface area contributed by atoms with Crippen molar-refractivity contribution in [2.45, 2.75) is 52.7 Å². The number of rotatable bonds is 3. The Morgan fingerprint density at radius 1 is 0.944 bits per heavy atom. The van der Waals surface area contributed by atoms with Crippen LogP contribution < -0.4 is 9.80 Å². The maximum Gasteiger partial charge on any atom is 0.427 e. The highest BCUT2D eigenvalue weighted by Gasteiger charge is 2.34. The molecular formula is C23H30N8O5. The third kappa shape index (κ3) is 5.85. The van der Waals surface area contributed by atoms with Gasteiger partial charge in [0.1, 0.15) is 16.7 Å². The number of hydrogen-bond acceptors (Lipinski definition) is 11. The lowest BCUT2D eigenvalue weighted by Gasteiger charge is -2.28. The highest BCUT2D eigenvalue weighted by atomic mass is 16.6. The Kier molecular flexibility index (Phi) is 6.76. The summed E-state index contributed by atoms with van der Waals surface area (Å²) >= 11 is 0. The molecule has 1 aliphatic rings. The molecule has 1 N–H and O–H groups in total. The molecule has 0 atom stereocenters. The van der Waals surface area contributed by atoms with E-state index in [0.717, 1.165) is 5.52 Å². The molecule has 192 valence electrons. The molecule has 4 heterocycles. The van der Waals surface area contributed by atoms with Gasteiger partial charge in [-0.05, 0) is 41.5 Å². The van der Waals surface area contributed by atoms with E-state index in [1.54, 1.807) is 47.9 Å². The fourth-order valence-corrected chi connectivity index (χ4v) is 3.36. The predicted octanol–water partition coefficient (Wildman–Crippen LogP) is 3.32. The van der Waals surface area contributed by atoms with Gasteiger partial charge in [0.05, 0.1) is 25.1 Å². The van der Waals surface area contributed by atoms with Crippen LogP contribution in [0.3, 0.4) is 0 Å². The molecule has 4 rings (SSSR count). The highest BCUT2D eigenvalue weighted by molar-refractivity contribution is 6.08. The summed E-state index contributed by atoms with van der Waals surface area (Å²) in [6.45, 7) is 12.7. The Morgan fingerprint density at radius 2 is 1.53 bits per heavy atom. The topological polar surface area (TPSA) is 149 Å². The quantitative estimate of drug-likeness (QED) is 0.566. The van der Waals surface area contributed by atoms with Crippen LogP contribution >= 0.6 is 0 Å². The van der Waals surface area contributed by atoms with Crippen LogP contribution in [0.25, 0.3) is 22.6 Å². The number of amides is 2. The fourth-order valence-electron chi connectivity index (χ4n) is 3.36. The molecule has 0 bridgehead atoms. The summed E-state index contributed by atoms with van der Waals surface area (Å²) in [5.74, 6) is 0.851. The molecule has 13 heteroatoms. The molecule has 2 amide bonds. The van der Waals surface area contributed by atoms with Crippen LogP contribution in [0.2, 0.25) is 0 Å². The summed E-state index contributed by atoms with van der Waals surface area (Å²) < 4.78 is 16.2. The Labute approximate surface area is 208 Å². The first-order valence-electron chi connectivity index (χ1n) is 11.5. The van der Waals surface area contributed by atoms with E-state index in [0.29, 0.717) is 54.1 Å². The minimum atomic E-state index is -0.951. The zero-order valence-corrected chi connectivity index (χ0v) is 21.2. The number of fused-ring (bicyclic) bond motifs is 1. The molecule has 1 aliphatic heterocycles. The first-order valence-corrected chi connectivity index (χ1v) is 11.5. The van der Waals surface area contributed by atoms with Crippen molar-refractivity contribution in [1.29, 1.82) is 0 Å². The lowest BCUT2D eigenvalue weighted by Crippen LogP contribution is -2.44. The average Bonchev–Trinajstić information content (AvgIpc) is 3.26. The third-order valence-electron chi connectivity index (χ3n) is 4.83. The van der Waals surface area contributed by atoms with Gasteiger partial charge in [-0.1, -0.05) is 0 Å². The third-order valence-corrected chi connectivity index (χ3v) is 4.83. The number of ether oxygens (including phenoxy) is 3. The van der Waals surface area contributed by atoms with Gasteiger partial charge in [0.25, 0.3) is 0 Å². The molecule has 3 aromatic rings. The lowest BCUT2D eigenvalue weighted by molar-refractivity contribution is 0.0427. The number of imide groups is 1. The SMILES string of the molecule is CC(C)(C)OC(=O)N(C(=O)OC(C)(C)C)c1ncc(-c2nc(N3CCOCC3)c3[nH]cnc3n2)cn1. The number of morpholine rings is 1. The summed E-state index contributed by atoms with van der Waals surface area (Å²) in [4.78, 5) is 53.5. The monoisotopic (exact) mass is 498 g/mol. The van der Waals surface area contributed by atoms with E-state index in [-0.39, 0.29) is 5.95 Å². The molecule has 3 aromatic heterocycles. The maximum absolute atomic E-state index is 12.8. The molecule has 1 fully saturated rings. The minimum Gasteiger partial charge on any atom is -0.443 e. The Morgan fingerprint density at radius 3 is 2.08 bits per heavy atom. The zero-order valence-electron chi connectivity index (χ0n) is 21.2. The minimum absolute atomic E-state index is 0.198. The van der Waals surface area contributed by atoms with Gasteiger partial charge >= 0.3 is 12.2 Å². The standard InChI is InChI=1S/C23H30N8O5/c1-22(2,3)35-20(32)31(21(33)36-23(4,5)6)19-24-11-14(12-25-19)16-28-17-15(26-13-27-17)18(29-16)30-7-9-34-10-8-30/h11-13H,7-10H2,1-6H3,(H,26,27,28,29). The van der Waals surface area contributed by atoms with E-state index in [4.69, 9.17) is 19.2 Å². The fraction of sp³-hybridized carbons (Fsp3) is 0.522. The molecule has 0 aliphatic carbocycles. The van der Waals surface area contributed by atoms with E-state index in [1.165, 1.54) is 12.4 Å². The Balaban J connectivity index is 1.67. The van der Waals surface area contributed by atoms with Crippen molar-refractivity contribution >= 4 is 35.1 Å². The van der Waals surface area contributed by atoms with E-state index in [2.05, 4.69) is 29.8 Å². The number of imidazole rings is 1. The molecule has 1 saturated heterocycles. The Hall–Kier alpha value is -3.87. The number of carbonyl (C=O) groups is 2. The van der Waals surface area contributed by atoms with Crippen LogP contribution in [0.5, 0.6) is 0 Å². The summed E-state index contributed by atoms with van der Waals surface area (Å²) in [7, 11) is 0. The second-order valence-electron chi connectivity index (χ2n) is 10.1. The number of aromatic amines is 1. The largest absolute Gasteiger partial charge is 0.443 e. The van der Waals surface area contributed by atoms with Gasteiger partial charge in [-0.25, -0.2) is 34.5 Å². The molecule has 13 nitrogen and oxygen atoms in total. The zero-order chi connectivity index (χ0) is 26.1. The smallest absolute Gasteiger partial charge is 0.427 e. The number of anilines is 2. The van der Waals surface area contributed by atoms with Crippen LogP contribution in [0.4, 0.5) is 21.4 Å². The highest BCUT2D eigenvalue weighted by Crippen LogP contribution is 2.26. The average molecular weight is 499 g/mol. The van der Waals surface area contributed by atoms with Gasteiger partial charge in [-0.2, -0.15) is 0 Å². The second-order valence-corrected chi connectivity index (χ2v) is 10.1. The van der Waals surface area contributed by atoms with Crippen LogP contribution in [0.1, 0.15) is 41.5 Å². The van der Waals surface area contributed by atoms with Crippen molar-refractivity contribution in [3.63, 3.8) is 0 Å². The molecular weight excluding hydrogens is 468 g/mol. The first kappa shape index (κ1) is 25.2. The van der Waals surface area contributed by atoms with Crippen molar-refractivity contribution in [2.75, 3.05) is 36.1 Å². The van der Waals surface area contributed by atoms with Crippen molar-refractivity contribution in [3.8, 4) is 11.4 Å². The summed E-state index contributed by atoms with van der Waals surface area (Å²) in [6, 6.07) is 0. The number of H-pyrrole nitrogens is 1. The molecule has 0 unspecified atom stereocenters. The van der Waals surface area contributed by atoms with Gasteiger partial charge in [-0.15, -0.1) is 4.90 Å². The van der Waals surface area contributed by atoms with E-state index >= 15 is 0 Å². The van der Waals surface area contributed by atoms with Gasteiger partial charge < -0.3 is 24.1 Å². The predicted molar refractivity (Wildman–Crippen MR) is 131 cm³/mol. The van der Waals surface area contributed by atoms with E-state index in [9.17, 15) is 9.59 Å². The van der Waals surface area contributed by atoms with Crippen molar-refractivity contribution in [2.24, 2.45) is 0 Å². The number of nitrogens with one attached hydrogen (secondary N) is 1. The van der Waals surface area contributed by atoms with Crippen molar-refractivity contribution < 1.29 is 23.8 Å². The van der Waals surface area contributed by atoms with Crippen LogP contribution in [0.15, 0.2) is 18.7 Å². The van der Waals surface area contributed by atoms with Crippen LogP contribution in [0, 0.1) is 0 Å².